The van der Waals surface area contributed by atoms with Gasteiger partial charge in [0, 0.05) is 59.3 Å². The quantitative estimate of drug-likeness (QED) is 0.254. The van der Waals surface area contributed by atoms with Gasteiger partial charge < -0.3 is 30.0 Å². The fourth-order valence-electron chi connectivity index (χ4n) is 6.26. The van der Waals surface area contributed by atoms with E-state index in [-0.39, 0.29) is 27.8 Å². The van der Waals surface area contributed by atoms with Crippen molar-refractivity contribution in [3.05, 3.63) is 110 Å². The van der Waals surface area contributed by atoms with E-state index < -0.39 is 62.4 Å². The van der Waals surface area contributed by atoms with E-state index in [0.717, 1.165) is 24.4 Å². The monoisotopic (exact) mass is 678 g/mol. The van der Waals surface area contributed by atoms with Crippen molar-refractivity contribution in [1.82, 2.24) is 9.13 Å². The normalized spacial score (nSPS) is 18.8. The van der Waals surface area contributed by atoms with Crippen LogP contribution in [0.15, 0.2) is 70.6 Å². The number of nitrogens with zero attached hydrogens (tertiary/aromatic N) is 3. The summed E-state index contributed by atoms with van der Waals surface area (Å²) in [5.74, 6) is -5.49. The third-order valence-electron chi connectivity index (χ3n) is 8.80. The summed E-state index contributed by atoms with van der Waals surface area (Å²) in [5, 5.41) is 18.4. The summed E-state index contributed by atoms with van der Waals surface area (Å²) in [6.07, 6.45) is 10.3. The molecule has 4 aromatic rings. The minimum Gasteiger partial charge on any atom is -0.477 e. The first kappa shape index (κ1) is 35.1. The number of benzene rings is 2. The van der Waals surface area contributed by atoms with Gasteiger partial charge in [0.15, 0.2) is 11.6 Å². The molecule has 3 heterocycles. The lowest BCUT2D eigenvalue weighted by Crippen LogP contribution is -2.46. The highest BCUT2D eigenvalue weighted by Crippen LogP contribution is 2.36. The Hall–Kier alpha value is -5.17. The second kappa shape index (κ2) is 12.1. The van der Waals surface area contributed by atoms with Gasteiger partial charge in [-0.15, -0.1) is 0 Å². The minimum absolute atomic E-state index is 0.0555. The van der Waals surface area contributed by atoms with Crippen LogP contribution < -0.4 is 21.5 Å². The maximum Gasteiger partial charge on any atom is 0.341 e. The van der Waals surface area contributed by atoms with Gasteiger partial charge in [-0.25, -0.2) is 22.8 Å². The summed E-state index contributed by atoms with van der Waals surface area (Å²) in [6.45, 7) is 12.0. The second-order valence-electron chi connectivity index (χ2n) is 14.4. The zero-order valence-electron chi connectivity index (χ0n) is 27.8. The Balaban J connectivity index is 0.000000205. The van der Waals surface area contributed by atoms with E-state index in [2.05, 4.69) is 0 Å². The summed E-state index contributed by atoms with van der Waals surface area (Å²) < 4.78 is 45.0. The number of nitrogens with two attached hydrogens (primary N) is 1. The van der Waals surface area contributed by atoms with Gasteiger partial charge >= 0.3 is 11.9 Å². The summed E-state index contributed by atoms with van der Waals surface area (Å²) >= 11 is 0. The summed E-state index contributed by atoms with van der Waals surface area (Å²) in [6, 6.07) is 4.43. The molecular formula is C36H37F3N4O6. The maximum absolute atomic E-state index is 15.1. The van der Waals surface area contributed by atoms with Crippen molar-refractivity contribution in [2.75, 3.05) is 18.0 Å². The van der Waals surface area contributed by atoms with Gasteiger partial charge in [-0.2, -0.15) is 0 Å². The van der Waals surface area contributed by atoms with E-state index in [4.69, 9.17) is 10.8 Å². The number of hydrogen-bond acceptors (Lipinski definition) is 6. The van der Waals surface area contributed by atoms with Crippen molar-refractivity contribution in [2.45, 2.75) is 58.2 Å². The molecule has 0 bridgehead atoms. The third-order valence-corrected chi connectivity index (χ3v) is 8.80. The first-order valence-electron chi connectivity index (χ1n) is 15.4. The predicted molar refractivity (Wildman–Crippen MR) is 181 cm³/mol. The van der Waals surface area contributed by atoms with Crippen molar-refractivity contribution in [1.29, 1.82) is 0 Å². The number of rotatable bonds is 3. The smallest absolute Gasteiger partial charge is 0.341 e. The summed E-state index contributed by atoms with van der Waals surface area (Å²) in [5.41, 5.74) is 3.50. The molecule has 13 heteroatoms. The number of carboxylic acids is 2. The fourth-order valence-corrected chi connectivity index (χ4v) is 6.26. The van der Waals surface area contributed by atoms with Crippen LogP contribution >= 0.6 is 0 Å². The Morgan fingerprint density at radius 3 is 1.71 bits per heavy atom. The molecule has 1 fully saturated rings. The molecule has 2 aliphatic rings. The molecule has 0 amide bonds. The molecule has 6 rings (SSSR count). The molecule has 0 saturated carbocycles. The van der Waals surface area contributed by atoms with E-state index in [1.165, 1.54) is 10.8 Å². The zero-order valence-corrected chi connectivity index (χ0v) is 27.8. The first-order chi connectivity index (χ1) is 22.6. The molecule has 1 aliphatic carbocycles. The van der Waals surface area contributed by atoms with Gasteiger partial charge in [0.1, 0.15) is 16.9 Å². The Bertz CT molecular complexity index is 2230. The standard InChI is InChI=1S/C22H24FN3O3.C14H13F2NO3/c1-21(2,3)26-11-15(20(28)29)19(27)14-8-16(23)18(9-17(14)26)25-10-13-6-4-5-7-22(13,24)12-25;1-14(2,3)17-6-8(13(19)20)12(18)7-4-9(15)10(16)5-11(7)17/h4-9,11,13H,10,12,24H2,1-3H3,(H,28,29);4-6H,1-3H3,(H,19,20). The van der Waals surface area contributed by atoms with Crippen molar-refractivity contribution < 1.29 is 33.0 Å². The van der Waals surface area contributed by atoms with Crippen LogP contribution in [0.25, 0.3) is 21.8 Å². The SMILES string of the molecule is CC(C)(C)n1cc(C(=O)O)c(=O)c2cc(F)c(F)cc21.CC(C)(C)n1cc(C(=O)O)c(=O)c2cc(F)c(N3CC4C=CC=CC4(N)C3)cc21. The Morgan fingerprint density at radius 2 is 1.24 bits per heavy atom. The topological polar surface area (TPSA) is 148 Å². The average molecular weight is 679 g/mol. The van der Waals surface area contributed by atoms with Crippen LogP contribution in [0.5, 0.6) is 0 Å². The van der Waals surface area contributed by atoms with Crippen LogP contribution in [-0.4, -0.2) is 49.9 Å². The molecule has 2 atom stereocenters. The molecule has 2 aromatic carbocycles. The molecular weight excluding hydrogens is 641 g/mol. The Morgan fingerprint density at radius 1 is 0.776 bits per heavy atom. The van der Waals surface area contributed by atoms with Gasteiger partial charge in [0.05, 0.1) is 22.3 Å². The molecule has 258 valence electrons. The Kier molecular flexibility index (Phi) is 8.65. The van der Waals surface area contributed by atoms with E-state index in [1.54, 1.807) is 31.4 Å². The number of carbonyl (C=O) groups is 2. The van der Waals surface area contributed by atoms with Crippen LogP contribution in [-0.2, 0) is 11.1 Å². The van der Waals surface area contributed by atoms with Crippen molar-refractivity contribution in [2.24, 2.45) is 11.7 Å². The number of pyridine rings is 2. The van der Waals surface area contributed by atoms with E-state index in [1.807, 2.05) is 50.0 Å². The second-order valence-corrected chi connectivity index (χ2v) is 14.4. The van der Waals surface area contributed by atoms with Crippen LogP contribution in [0.1, 0.15) is 62.3 Å². The number of halogens is 3. The lowest BCUT2D eigenvalue weighted by Gasteiger charge is -2.28. The van der Waals surface area contributed by atoms with Crippen molar-refractivity contribution in [3.63, 3.8) is 0 Å². The first-order valence-corrected chi connectivity index (χ1v) is 15.4. The van der Waals surface area contributed by atoms with Gasteiger partial charge in [0.2, 0.25) is 10.9 Å². The molecule has 2 aromatic heterocycles. The predicted octanol–water partition coefficient (Wildman–Crippen LogP) is 5.59. The molecule has 1 aliphatic heterocycles. The summed E-state index contributed by atoms with van der Waals surface area (Å²) in [4.78, 5) is 49.3. The van der Waals surface area contributed by atoms with Crippen molar-refractivity contribution in [3.8, 4) is 0 Å². The zero-order chi connectivity index (χ0) is 36.4. The number of allylic oxidation sites excluding steroid dienone is 2. The van der Waals surface area contributed by atoms with Crippen LogP contribution in [0, 0.1) is 23.4 Å². The van der Waals surface area contributed by atoms with Gasteiger partial charge in [-0.3, -0.25) is 9.59 Å². The van der Waals surface area contributed by atoms with Crippen molar-refractivity contribution >= 4 is 39.4 Å². The van der Waals surface area contributed by atoms with Gasteiger partial charge in [-0.05, 0) is 59.7 Å². The number of hydrogen-bond donors (Lipinski definition) is 3. The lowest BCUT2D eigenvalue weighted by molar-refractivity contribution is 0.0683. The van der Waals surface area contributed by atoms with Crippen LogP contribution in [0.2, 0.25) is 0 Å². The molecule has 0 spiro atoms. The fraction of sp³-hybridized carbons (Fsp3) is 0.333. The molecule has 10 nitrogen and oxygen atoms in total. The molecule has 4 N–H and O–H groups in total. The highest BCUT2D eigenvalue weighted by molar-refractivity contribution is 5.94. The highest BCUT2D eigenvalue weighted by Gasteiger charge is 2.42. The maximum atomic E-state index is 15.1. The number of carboxylic acid groups (broad SMARTS) is 2. The Labute approximate surface area is 279 Å². The largest absolute Gasteiger partial charge is 0.477 e. The lowest BCUT2D eigenvalue weighted by atomic mass is 9.85. The number of fused-ring (bicyclic) bond motifs is 3. The number of aromatic carboxylic acids is 2. The number of aromatic nitrogens is 2. The third kappa shape index (κ3) is 6.38. The van der Waals surface area contributed by atoms with Gasteiger partial charge in [0.25, 0.3) is 0 Å². The molecule has 1 saturated heterocycles. The van der Waals surface area contributed by atoms with Crippen LogP contribution in [0.3, 0.4) is 0 Å². The van der Waals surface area contributed by atoms with Gasteiger partial charge in [-0.1, -0.05) is 24.3 Å². The van der Waals surface area contributed by atoms with E-state index in [0.29, 0.717) is 24.3 Å². The van der Waals surface area contributed by atoms with E-state index in [9.17, 15) is 33.1 Å². The average Bonchev–Trinajstić information content (AvgIpc) is 3.34. The minimum atomic E-state index is -1.40. The molecule has 49 heavy (non-hydrogen) atoms. The van der Waals surface area contributed by atoms with E-state index >= 15 is 4.39 Å². The summed E-state index contributed by atoms with van der Waals surface area (Å²) in [7, 11) is 0. The van der Waals surface area contributed by atoms with Crippen LogP contribution in [0.4, 0.5) is 18.9 Å². The number of anilines is 1. The highest BCUT2D eigenvalue weighted by atomic mass is 19.2. The molecule has 2 unspecified atom stereocenters. The molecule has 0 radical (unpaired) electrons.